The number of nitrogens with zero attached hydrogens (tertiary/aromatic N) is 2. The number of hydrogen-bond donors (Lipinski definition) is 1. The highest BCUT2D eigenvalue weighted by Gasteiger charge is 2.22. The maximum Gasteiger partial charge on any atom is 0.308 e. The molecule has 17 heavy (non-hydrogen) atoms. The third kappa shape index (κ3) is 3.26. The largest absolute Gasteiger partial charge is 0.481 e. The standard InChI is InChI=1S/C12H18N2O2S/c1-2-14-5-3-9(4-6-14)12-13-8-10(17-12)7-11(15)16/h8-9H,2-7H2,1H3,(H,15,16). The molecule has 1 N–H and O–H groups in total. The molecule has 1 fully saturated rings. The van der Waals surface area contributed by atoms with Crippen LogP contribution in [0.3, 0.4) is 0 Å². The summed E-state index contributed by atoms with van der Waals surface area (Å²) in [6.07, 6.45) is 4.12. The highest BCUT2D eigenvalue weighted by Crippen LogP contribution is 2.30. The van der Waals surface area contributed by atoms with E-state index in [4.69, 9.17) is 5.11 Å². The van der Waals surface area contributed by atoms with E-state index in [1.54, 1.807) is 17.5 Å². The van der Waals surface area contributed by atoms with Crippen molar-refractivity contribution in [3.63, 3.8) is 0 Å². The molecule has 4 nitrogen and oxygen atoms in total. The molecular formula is C12H18N2O2S. The zero-order chi connectivity index (χ0) is 12.3. The van der Waals surface area contributed by atoms with Crippen molar-refractivity contribution in [2.24, 2.45) is 0 Å². The van der Waals surface area contributed by atoms with E-state index in [0.717, 1.165) is 42.4 Å². The van der Waals surface area contributed by atoms with Crippen molar-refractivity contribution in [2.45, 2.75) is 32.1 Å². The van der Waals surface area contributed by atoms with Gasteiger partial charge in [-0.15, -0.1) is 11.3 Å². The van der Waals surface area contributed by atoms with Gasteiger partial charge in [-0.2, -0.15) is 0 Å². The molecule has 0 amide bonds. The van der Waals surface area contributed by atoms with E-state index < -0.39 is 5.97 Å². The van der Waals surface area contributed by atoms with Gasteiger partial charge >= 0.3 is 5.97 Å². The second kappa shape index (κ2) is 5.60. The summed E-state index contributed by atoms with van der Waals surface area (Å²) in [7, 11) is 0. The third-order valence-corrected chi connectivity index (χ3v) is 4.44. The zero-order valence-corrected chi connectivity index (χ0v) is 10.9. The van der Waals surface area contributed by atoms with Gasteiger partial charge in [0.25, 0.3) is 0 Å². The number of thiazole rings is 1. The number of aliphatic carboxylic acids is 1. The first-order valence-electron chi connectivity index (χ1n) is 6.07. The van der Waals surface area contributed by atoms with Crippen molar-refractivity contribution in [1.82, 2.24) is 9.88 Å². The highest BCUT2D eigenvalue weighted by molar-refractivity contribution is 7.11. The fourth-order valence-electron chi connectivity index (χ4n) is 2.24. The summed E-state index contributed by atoms with van der Waals surface area (Å²) in [5, 5.41) is 9.85. The Labute approximate surface area is 105 Å². The lowest BCUT2D eigenvalue weighted by Crippen LogP contribution is -2.32. The van der Waals surface area contributed by atoms with E-state index in [1.165, 1.54) is 0 Å². The first kappa shape index (κ1) is 12.5. The lowest BCUT2D eigenvalue weighted by atomic mass is 9.98. The van der Waals surface area contributed by atoms with Crippen LogP contribution in [0.4, 0.5) is 0 Å². The maximum absolute atomic E-state index is 10.6. The predicted octanol–water partition coefficient (Wildman–Crippen LogP) is 1.97. The molecule has 0 saturated carbocycles. The minimum Gasteiger partial charge on any atom is -0.481 e. The molecule has 0 bridgehead atoms. The Morgan fingerprint density at radius 2 is 2.29 bits per heavy atom. The van der Waals surface area contributed by atoms with Gasteiger partial charge in [0, 0.05) is 17.0 Å². The van der Waals surface area contributed by atoms with Crippen molar-refractivity contribution in [3.8, 4) is 0 Å². The monoisotopic (exact) mass is 254 g/mol. The molecule has 1 aromatic rings. The Hall–Kier alpha value is -0.940. The minimum absolute atomic E-state index is 0.103. The fourth-order valence-corrected chi connectivity index (χ4v) is 3.32. The molecule has 94 valence electrons. The minimum atomic E-state index is -0.777. The Bertz CT molecular complexity index is 384. The van der Waals surface area contributed by atoms with E-state index in [-0.39, 0.29) is 6.42 Å². The first-order chi connectivity index (χ1) is 8.19. The Morgan fingerprint density at radius 3 is 2.88 bits per heavy atom. The summed E-state index contributed by atoms with van der Waals surface area (Å²) >= 11 is 1.57. The second-order valence-corrected chi connectivity index (χ2v) is 5.59. The SMILES string of the molecule is CCN1CCC(c2ncc(CC(=O)O)s2)CC1. The average molecular weight is 254 g/mol. The number of likely N-dealkylation sites (tertiary alicyclic amines) is 1. The number of hydrogen-bond acceptors (Lipinski definition) is 4. The van der Waals surface area contributed by atoms with Gasteiger partial charge in [0.15, 0.2) is 0 Å². The fraction of sp³-hybridized carbons (Fsp3) is 0.667. The lowest BCUT2D eigenvalue weighted by molar-refractivity contribution is -0.136. The van der Waals surface area contributed by atoms with Crippen molar-refractivity contribution in [3.05, 3.63) is 16.1 Å². The Balaban J connectivity index is 1.94. The molecule has 1 saturated heterocycles. The Morgan fingerprint density at radius 1 is 1.59 bits per heavy atom. The van der Waals surface area contributed by atoms with E-state index >= 15 is 0 Å². The van der Waals surface area contributed by atoms with Crippen LogP contribution in [0, 0.1) is 0 Å². The molecule has 2 rings (SSSR count). The quantitative estimate of drug-likeness (QED) is 0.892. The summed E-state index contributed by atoms with van der Waals surface area (Å²) in [5.41, 5.74) is 0. The van der Waals surface area contributed by atoms with Gasteiger partial charge in [0.2, 0.25) is 0 Å². The molecule has 0 spiro atoms. The van der Waals surface area contributed by atoms with Crippen molar-refractivity contribution < 1.29 is 9.90 Å². The maximum atomic E-state index is 10.6. The van der Waals surface area contributed by atoms with Crippen LogP contribution in [0.1, 0.15) is 35.6 Å². The summed E-state index contributed by atoms with van der Waals surface area (Å²) < 4.78 is 0. The molecule has 1 aromatic heterocycles. The molecule has 0 unspecified atom stereocenters. The molecule has 1 aliphatic heterocycles. The van der Waals surface area contributed by atoms with Gasteiger partial charge in [0.1, 0.15) is 0 Å². The number of carbonyl (C=O) groups is 1. The zero-order valence-electron chi connectivity index (χ0n) is 10.1. The van der Waals surface area contributed by atoms with Gasteiger partial charge in [-0.1, -0.05) is 6.92 Å². The van der Waals surface area contributed by atoms with Crippen LogP contribution in [0.25, 0.3) is 0 Å². The van der Waals surface area contributed by atoms with Crippen LogP contribution in [0.2, 0.25) is 0 Å². The van der Waals surface area contributed by atoms with Crippen LogP contribution in [-0.4, -0.2) is 40.6 Å². The molecule has 0 aromatic carbocycles. The molecule has 0 atom stereocenters. The average Bonchev–Trinajstić information content (AvgIpc) is 2.77. The van der Waals surface area contributed by atoms with Crippen LogP contribution < -0.4 is 0 Å². The van der Waals surface area contributed by atoms with Crippen molar-refractivity contribution >= 4 is 17.3 Å². The van der Waals surface area contributed by atoms with E-state index in [1.807, 2.05) is 0 Å². The number of rotatable bonds is 4. The first-order valence-corrected chi connectivity index (χ1v) is 6.89. The van der Waals surface area contributed by atoms with Gasteiger partial charge in [-0.05, 0) is 32.5 Å². The van der Waals surface area contributed by atoms with Gasteiger partial charge in [0.05, 0.1) is 11.4 Å². The second-order valence-electron chi connectivity index (χ2n) is 4.44. The van der Waals surface area contributed by atoms with Crippen LogP contribution in [0.15, 0.2) is 6.20 Å². The van der Waals surface area contributed by atoms with Crippen LogP contribution >= 0.6 is 11.3 Å². The van der Waals surface area contributed by atoms with Gasteiger partial charge < -0.3 is 10.0 Å². The highest BCUT2D eigenvalue weighted by atomic mass is 32.1. The molecule has 1 aliphatic rings. The Kier molecular flexibility index (Phi) is 4.12. The summed E-state index contributed by atoms with van der Waals surface area (Å²) in [4.78, 5) is 18.3. The van der Waals surface area contributed by atoms with Gasteiger partial charge in [-0.25, -0.2) is 4.98 Å². The number of carboxylic acids is 1. The summed E-state index contributed by atoms with van der Waals surface area (Å²) in [5.74, 6) is -0.244. The predicted molar refractivity (Wildman–Crippen MR) is 67.5 cm³/mol. The van der Waals surface area contributed by atoms with Crippen molar-refractivity contribution in [1.29, 1.82) is 0 Å². The van der Waals surface area contributed by atoms with E-state index in [9.17, 15) is 4.79 Å². The summed E-state index contributed by atoms with van der Waals surface area (Å²) in [6, 6.07) is 0. The summed E-state index contributed by atoms with van der Waals surface area (Å²) in [6.45, 7) is 5.58. The number of aromatic nitrogens is 1. The van der Waals surface area contributed by atoms with Crippen molar-refractivity contribution in [2.75, 3.05) is 19.6 Å². The molecule has 0 radical (unpaired) electrons. The normalized spacial score (nSPS) is 18.4. The lowest BCUT2D eigenvalue weighted by Gasteiger charge is -2.29. The molecule has 2 heterocycles. The third-order valence-electron chi connectivity index (χ3n) is 3.28. The van der Waals surface area contributed by atoms with Crippen LogP contribution in [-0.2, 0) is 11.2 Å². The molecule has 5 heteroatoms. The smallest absolute Gasteiger partial charge is 0.308 e. The topological polar surface area (TPSA) is 53.4 Å². The van der Waals surface area contributed by atoms with E-state index in [2.05, 4.69) is 16.8 Å². The molecular weight excluding hydrogens is 236 g/mol. The number of carboxylic acid groups (broad SMARTS) is 1. The molecule has 0 aliphatic carbocycles. The van der Waals surface area contributed by atoms with E-state index in [0.29, 0.717) is 5.92 Å². The number of piperidine rings is 1. The van der Waals surface area contributed by atoms with Gasteiger partial charge in [-0.3, -0.25) is 4.79 Å². The van der Waals surface area contributed by atoms with Crippen LogP contribution in [0.5, 0.6) is 0 Å².